The van der Waals surface area contributed by atoms with E-state index in [1.807, 2.05) is 12.1 Å². The average molecular weight is 425 g/mol. The summed E-state index contributed by atoms with van der Waals surface area (Å²) in [7, 11) is 3.20. The number of carbonyl (C=O) groups excluding carboxylic acids is 2. The zero-order valence-corrected chi connectivity index (χ0v) is 19.7. The van der Waals surface area contributed by atoms with Crippen LogP contribution in [0.15, 0.2) is 42.5 Å². The Balaban J connectivity index is 2.30. The molecule has 2 rings (SSSR count). The van der Waals surface area contributed by atoms with Crippen LogP contribution in [0.3, 0.4) is 0 Å². The minimum absolute atomic E-state index is 0.134. The average Bonchev–Trinajstić information content (AvgIpc) is 2.70. The molecule has 0 aliphatic carbocycles. The van der Waals surface area contributed by atoms with Crippen LogP contribution >= 0.6 is 0 Å². The molecular weight excluding hydrogens is 392 g/mol. The SMILES string of the molecule is COc1ccc(C(C)(C)C)c(OC)c1/C=C/C(=O)c1ccc(OC(=O)C(C)(C)C)cc1. The van der Waals surface area contributed by atoms with Gasteiger partial charge in [0.25, 0.3) is 0 Å². The molecule has 5 heteroatoms. The Kier molecular flexibility index (Phi) is 7.32. The number of rotatable bonds is 6. The Morgan fingerprint density at radius 2 is 1.45 bits per heavy atom. The predicted octanol–water partition coefficient (Wildman–Crippen LogP) is 5.85. The summed E-state index contributed by atoms with van der Waals surface area (Å²) < 4.78 is 16.5. The molecule has 5 nitrogen and oxygen atoms in total. The summed E-state index contributed by atoms with van der Waals surface area (Å²) in [6, 6.07) is 10.4. The molecule has 166 valence electrons. The van der Waals surface area contributed by atoms with Gasteiger partial charge in [0.05, 0.1) is 25.2 Å². The lowest BCUT2D eigenvalue weighted by Crippen LogP contribution is -2.25. The van der Waals surface area contributed by atoms with Crippen molar-refractivity contribution in [1.29, 1.82) is 0 Å². The molecule has 0 atom stereocenters. The maximum absolute atomic E-state index is 12.7. The topological polar surface area (TPSA) is 61.8 Å². The van der Waals surface area contributed by atoms with Crippen molar-refractivity contribution in [3.63, 3.8) is 0 Å². The van der Waals surface area contributed by atoms with Crippen LogP contribution in [0.1, 0.15) is 63.0 Å². The molecule has 0 saturated carbocycles. The number of hydrogen-bond acceptors (Lipinski definition) is 5. The van der Waals surface area contributed by atoms with E-state index in [4.69, 9.17) is 14.2 Å². The molecule has 0 saturated heterocycles. The van der Waals surface area contributed by atoms with Gasteiger partial charge < -0.3 is 14.2 Å². The first-order valence-electron chi connectivity index (χ1n) is 10.2. The van der Waals surface area contributed by atoms with Crippen LogP contribution in [-0.4, -0.2) is 26.0 Å². The first-order chi connectivity index (χ1) is 14.4. The van der Waals surface area contributed by atoms with Gasteiger partial charge in [0.15, 0.2) is 5.78 Å². The Morgan fingerprint density at radius 1 is 0.839 bits per heavy atom. The van der Waals surface area contributed by atoms with Crippen molar-refractivity contribution in [3.05, 3.63) is 59.2 Å². The molecule has 31 heavy (non-hydrogen) atoms. The molecule has 0 radical (unpaired) electrons. The van der Waals surface area contributed by atoms with E-state index >= 15 is 0 Å². The zero-order valence-electron chi connectivity index (χ0n) is 19.7. The number of methoxy groups -OCH3 is 2. The van der Waals surface area contributed by atoms with Gasteiger partial charge in [-0.2, -0.15) is 0 Å². The summed E-state index contributed by atoms with van der Waals surface area (Å²) >= 11 is 0. The fourth-order valence-electron chi connectivity index (χ4n) is 2.93. The number of ketones is 1. The number of hydrogen-bond donors (Lipinski definition) is 0. The van der Waals surface area contributed by atoms with E-state index in [0.29, 0.717) is 28.4 Å². The van der Waals surface area contributed by atoms with E-state index in [-0.39, 0.29) is 17.2 Å². The third-order valence-electron chi connectivity index (χ3n) is 4.75. The monoisotopic (exact) mass is 424 g/mol. The van der Waals surface area contributed by atoms with Gasteiger partial charge in [0.2, 0.25) is 0 Å². The van der Waals surface area contributed by atoms with Crippen molar-refractivity contribution in [2.24, 2.45) is 5.41 Å². The number of carbonyl (C=O) groups is 2. The summed E-state index contributed by atoms with van der Waals surface area (Å²) in [6.45, 7) is 11.7. The Hall–Kier alpha value is -3.08. The Morgan fingerprint density at radius 3 is 1.94 bits per heavy atom. The first kappa shape index (κ1) is 24.2. The van der Waals surface area contributed by atoms with Crippen LogP contribution in [0.25, 0.3) is 6.08 Å². The van der Waals surface area contributed by atoms with E-state index in [9.17, 15) is 9.59 Å². The summed E-state index contributed by atoms with van der Waals surface area (Å²) in [4.78, 5) is 24.7. The highest BCUT2D eigenvalue weighted by atomic mass is 16.5. The van der Waals surface area contributed by atoms with Crippen molar-refractivity contribution in [2.75, 3.05) is 14.2 Å². The quantitative estimate of drug-likeness (QED) is 0.252. The standard InChI is InChI=1S/C26H32O5/c1-25(2,3)20-14-16-22(29-7)19(23(20)30-8)13-15-21(27)17-9-11-18(12-10-17)31-24(28)26(4,5)6/h9-16H,1-8H3/b15-13+. The molecule has 2 aromatic carbocycles. The molecule has 0 heterocycles. The molecule has 0 N–H and O–H groups in total. The van der Waals surface area contributed by atoms with Gasteiger partial charge in [-0.3, -0.25) is 9.59 Å². The van der Waals surface area contributed by atoms with Crippen LogP contribution < -0.4 is 14.2 Å². The van der Waals surface area contributed by atoms with Crippen LogP contribution in [0.5, 0.6) is 17.2 Å². The lowest BCUT2D eigenvalue weighted by atomic mass is 9.85. The predicted molar refractivity (Wildman–Crippen MR) is 123 cm³/mol. The number of esters is 1. The van der Waals surface area contributed by atoms with Gasteiger partial charge in [0.1, 0.15) is 17.2 Å². The zero-order chi connectivity index (χ0) is 23.4. The van der Waals surface area contributed by atoms with Gasteiger partial charge in [-0.25, -0.2) is 0 Å². The second-order valence-electron chi connectivity index (χ2n) is 9.37. The molecule has 0 aromatic heterocycles. The lowest BCUT2D eigenvalue weighted by molar-refractivity contribution is -0.143. The van der Waals surface area contributed by atoms with E-state index in [1.54, 1.807) is 65.3 Å². The number of ether oxygens (including phenoxy) is 3. The van der Waals surface area contributed by atoms with Crippen molar-refractivity contribution >= 4 is 17.8 Å². The van der Waals surface area contributed by atoms with Crippen molar-refractivity contribution in [2.45, 2.75) is 47.0 Å². The van der Waals surface area contributed by atoms with Gasteiger partial charge in [-0.1, -0.05) is 26.8 Å². The van der Waals surface area contributed by atoms with E-state index in [2.05, 4.69) is 20.8 Å². The molecule has 0 fully saturated rings. The molecule has 0 amide bonds. The van der Waals surface area contributed by atoms with Crippen molar-refractivity contribution < 1.29 is 23.8 Å². The summed E-state index contributed by atoms with van der Waals surface area (Å²) in [5.74, 6) is 1.20. The largest absolute Gasteiger partial charge is 0.496 e. The summed E-state index contributed by atoms with van der Waals surface area (Å²) in [5, 5.41) is 0. The minimum atomic E-state index is -0.600. The second kappa shape index (κ2) is 9.38. The maximum Gasteiger partial charge on any atom is 0.316 e. The number of allylic oxidation sites excluding steroid dienone is 1. The molecule has 0 aliphatic heterocycles. The smallest absolute Gasteiger partial charge is 0.316 e. The van der Waals surface area contributed by atoms with Gasteiger partial charge >= 0.3 is 5.97 Å². The first-order valence-corrected chi connectivity index (χ1v) is 10.2. The van der Waals surface area contributed by atoms with E-state index < -0.39 is 5.41 Å². The Labute approximate surface area is 185 Å². The van der Waals surface area contributed by atoms with E-state index in [1.165, 1.54) is 6.08 Å². The van der Waals surface area contributed by atoms with E-state index in [0.717, 1.165) is 5.56 Å². The van der Waals surface area contributed by atoms with Crippen molar-refractivity contribution in [3.8, 4) is 17.2 Å². The lowest BCUT2D eigenvalue weighted by Gasteiger charge is -2.24. The van der Waals surface area contributed by atoms with Crippen LogP contribution in [0.4, 0.5) is 0 Å². The highest BCUT2D eigenvalue weighted by Gasteiger charge is 2.24. The minimum Gasteiger partial charge on any atom is -0.496 e. The van der Waals surface area contributed by atoms with Crippen LogP contribution in [-0.2, 0) is 10.2 Å². The van der Waals surface area contributed by atoms with Gasteiger partial charge in [-0.15, -0.1) is 0 Å². The third kappa shape index (κ3) is 5.97. The highest BCUT2D eigenvalue weighted by Crippen LogP contribution is 2.39. The highest BCUT2D eigenvalue weighted by molar-refractivity contribution is 6.07. The van der Waals surface area contributed by atoms with Gasteiger partial charge in [-0.05, 0) is 68.7 Å². The molecule has 0 aliphatic rings. The van der Waals surface area contributed by atoms with Crippen molar-refractivity contribution in [1.82, 2.24) is 0 Å². The fourth-order valence-corrected chi connectivity index (χ4v) is 2.93. The Bertz CT molecular complexity index is 971. The third-order valence-corrected chi connectivity index (χ3v) is 4.75. The maximum atomic E-state index is 12.7. The normalized spacial score (nSPS) is 12.0. The summed E-state index contributed by atoms with van der Waals surface area (Å²) in [6.07, 6.45) is 3.20. The molecule has 0 spiro atoms. The van der Waals surface area contributed by atoms with Gasteiger partial charge in [0, 0.05) is 11.1 Å². The van der Waals surface area contributed by atoms with Crippen LogP contribution in [0.2, 0.25) is 0 Å². The number of benzene rings is 2. The fraction of sp³-hybridized carbons (Fsp3) is 0.385. The second-order valence-corrected chi connectivity index (χ2v) is 9.37. The summed E-state index contributed by atoms with van der Waals surface area (Å²) in [5.41, 5.74) is 1.48. The molecule has 0 bridgehead atoms. The molecule has 2 aromatic rings. The molecule has 0 unspecified atom stereocenters. The molecular formula is C26H32O5. The van der Waals surface area contributed by atoms with Crippen LogP contribution in [0, 0.1) is 5.41 Å².